The summed E-state index contributed by atoms with van der Waals surface area (Å²) in [5.74, 6) is 0.364. The fraction of sp³-hybridized carbons (Fsp3) is 0.588. The summed E-state index contributed by atoms with van der Waals surface area (Å²) < 4.78 is 6.05. The molecule has 0 radical (unpaired) electrons. The van der Waals surface area contributed by atoms with E-state index in [-0.39, 0.29) is 22.4 Å². The van der Waals surface area contributed by atoms with Gasteiger partial charge in [0.1, 0.15) is 0 Å². The van der Waals surface area contributed by atoms with E-state index < -0.39 is 10.5 Å². The average Bonchev–Trinajstić information content (AvgIpc) is 2.99. The van der Waals surface area contributed by atoms with E-state index in [1.807, 2.05) is 0 Å². The van der Waals surface area contributed by atoms with E-state index in [4.69, 9.17) is 4.74 Å². The van der Waals surface area contributed by atoms with Gasteiger partial charge in [-0.05, 0) is 31.2 Å². The lowest BCUT2D eigenvalue weighted by Crippen LogP contribution is -2.52. The number of nitrogens with one attached hydrogen (secondary N) is 1. The maximum atomic E-state index is 13.0. The van der Waals surface area contributed by atoms with Crippen LogP contribution in [0.5, 0.6) is 0 Å². The van der Waals surface area contributed by atoms with Gasteiger partial charge in [0, 0.05) is 28.7 Å². The number of benzene rings is 1. The second kappa shape index (κ2) is 4.32. The first-order chi connectivity index (χ1) is 10.8. The van der Waals surface area contributed by atoms with Gasteiger partial charge in [0.05, 0.1) is 11.5 Å². The fourth-order valence-corrected chi connectivity index (χ4v) is 5.19. The Labute approximate surface area is 134 Å². The number of anilines is 1. The van der Waals surface area contributed by atoms with E-state index in [9.17, 15) is 14.9 Å². The number of rotatable bonds is 3. The highest BCUT2D eigenvalue weighted by Gasteiger charge is 2.78. The molecule has 4 atom stereocenters. The highest BCUT2D eigenvalue weighted by molar-refractivity contribution is 5.99. The first-order valence-corrected chi connectivity index (χ1v) is 8.02. The van der Waals surface area contributed by atoms with Crippen LogP contribution in [0.1, 0.15) is 33.1 Å². The van der Waals surface area contributed by atoms with Gasteiger partial charge >= 0.3 is 0 Å². The van der Waals surface area contributed by atoms with Crippen LogP contribution < -0.4 is 5.32 Å². The smallest absolute Gasteiger partial charge is 0.271 e. The minimum atomic E-state index is -0.796. The van der Waals surface area contributed by atoms with Crippen molar-refractivity contribution >= 4 is 17.3 Å². The van der Waals surface area contributed by atoms with E-state index in [0.29, 0.717) is 18.2 Å². The van der Waals surface area contributed by atoms with Crippen molar-refractivity contribution in [2.75, 3.05) is 11.9 Å². The normalized spacial score (nSPS) is 40.3. The number of amides is 1. The summed E-state index contributed by atoms with van der Waals surface area (Å²) in [4.78, 5) is 23.4. The van der Waals surface area contributed by atoms with Crippen LogP contribution in [0, 0.1) is 26.9 Å². The average molecular weight is 316 g/mol. The van der Waals surface area contributed by atoms with E-state index in [1.54, 1.807) is 12.1 Å². The third kappa shape index (κ3) is 1.59. The van der Waals surface area contributed by atoms with Crippen molar-refractivity contribution in [2.24, 2.45) is 16.7 Å². The number of carbonyl (C=O) groups excluding carboxylic acids is 1. The SMILES string of the molecule is C[C@]12CC[C@@H]3C[C@@]1(C(=O)Nc1cccc([N+](=O)[O-])c1)OC[C@@]32C. The minimum absolute atomic E-state index is 0.0309. The molecule has 2 aliphatic carbocycles. The number of carbonyl (C=O) groups is 1. The maximum absolute atomic E-state index is 13.0. The van der Waals surface area contributed by atoms with Crippen LogP contribution in [0.4, 0.5) is 11.4 Å². The summed E-state index contributed by atoms with van der Waals surface area (Å²) in [7, 11) is 0. The van der Waals surface area contributed by atoms with Crippen LogP contribution in [0.25, 0.3) is 0 Å². The maximum Gasteiger partial charge on any atom is 0.271 e. The molecular weight excluding hydrogens is 296 g/mol. The molecule has 4 rings (SSSR count). The van der Waals surface area contributed by atoms with E-state index in [0.717, 1.165) is 19.3 Å². The first kappa shape index (κ1) is 14.6. The number of nitrogens with zero attached hydrogens (tertiary/aromatic N) is 1. The molecule has 3 aliphatic rings. The Morgan fingerprint density at radius 1 is 1.43 bits per heavy atom. The van der Waals surface area contributed by atoms with Gasteiger partial charge in [-0.1, -0.05) is 19.9 Å². The number of ether oxygens (including phenoxy) is 1. The standard InChI is InChI=1S/C17H20N2O4/c1-15-10-23-17(9-11(15)6-7-16(15,17)2)14(20)18-12-4-3-5-13(8-12)19(21)22/h3-5,8,11H,6-7,9-10H2,1-2H3,(H,18,20)/t11-,15+,16-,17+/m1/s1. The summed E-state index contributed by atoms with van der Waals surface area (Å²) in [6, 6.07) is 6.05. The second-order valence-corrected chi connectivity index (χ2v) is 7.57. The molecule has 0 unspecified atom stereocenters. The van der Waals surface area contributed by atoms with Gasteiger partial charge in [-0.2, -0.15) is 0 Å². The van der Waals surface area contributed by atoms with Crippen molar-refractivity contribution in [1.29, 1.82) is 0 Å². The summed E-state index contributed by atoms with van der Waals surface area (Å²) in [6.07, 6.45) is 2.90. The second-order valence-electron chi connectivity index (χ2n) is 7.57. The van der Waals surface area contributed by atoms with Gasteiger partial charge < -0.3 is 10.1 Å². The zero-order valence-electron chi connectivity index (χ0n) is 13.3. The Kier molecular flexibility index (Phi) is 2.75. The number of hydrogen-bond acceptors (Lipinski definition) is 4. The highest BCUT2D eigenvalue weighted by Crippen LogP contribution is 2.75. The third-order valence-corrected chi connectivity index (χ3v) is 6.88. The largest absolute Gasteiger partial charge is 0.364 e. The van der Waals surface area contributed by atoms with Gasteiger partial charge in [0.2, 0.25) is 0 Å². The van der Waals surface area contributed by atoms with Crippen molar-refractivity contribution in [1.82, 2.24) is 0 Å². The highest BCUT2D eigenvalue weighted by atomic mass is 16.6. The molecule has 122 valence electrons. The monoisotopic (exact) mass is 316 g/mol. The molecule has 0 aromatic heterocycles. The molecule has 6 nitrogen and oxygen atoms in total. The summed E-state index contributed by atoms with van der Waals surface area (Å²) >= 11 is 0. The molecule has 1 aromatic carbocycles. The zero-order chi connectivity index (χ0) is 16.5. The van der Waals surface area contributed by atoms with E-state index in [1.165, 1.54) is 12.1 Å². The van der Waals surface area contributed by atoms with E-state index >= 15 is 0 Å². The molecular formula is C17H20N2O4. The molecule has 2 saturated carbocycles. The Bertz CT molecular complexity index is 720. The predicted molar refractivity (Wildman–Crippen MR) is 84.0 cm³/mol. The van der Waals surface area contributed by atoms with Crippen LogP contribution in [-0.2, 0) is 9.53 Å². The lowest BCUT2D eigenvalue weighted by atomic mass is 9.66. The Balaban J connectivity index is 1.64. The molecule has 6 heteroatoms. The van der Waals surface area contributed by atoms with Crippen LogP contribution in [0.15, 0.2) is 24.3 Å². The number of non-ortho nitro benzene ring substituents is 1. The Hall–Kier alpha value is -1.95. The number of nitro benzene ring substituents is 1. The van der Waals surface area contributed by atoms with Crippen molar-refractivity contribution in [3.8, 4) is 0 Å². The third-order valence-electron chi connectivity index (χ3n) is 6.88. The van der Waals surface area contributed by atoms with Gasteiger partial charge in [-0.3, -0.25) is 14.9 Å². The van der Waals surface area contributed by atoms with Crippen molar-refractivity contribution in [3.63, 3.8) is 0 Å². The molecule has 1 amide bonds. The molecule has 0 spiro atoms. The molecule has 3 fully saturated rings. The molecule has 1 saturated heterocycles. The van der Waals surface area contributed by atoms with Gasteiger partial charge in [0.15, 0.2) is 5.60 Å². The molecule has 1 aromatic rings. The topological polar surface area (TPSA) is 81.5 Å². The van der Waals surface area contributed by atoms with Crippen LogP contribution in [0.3, 0.4) is 0 Å². The lowest BCUT2D eigenvalue weighted by Gasteiger charge is -2.39. The first-order valence-electron chi connectivity index (χ1n) is 8.02. The lowest BCUT2D eigenvalue weighted by molar-refractivity contribution is -0.384. The Morgan fingerprint density at radius 3 is 2.87 bits per heavy atom. The zero-order valence-corrected chi connectivity index (χ0v) is 13.3. The van der Waals surface area contributed by atoms with Gasteiger partial charge in [-0.15, -0.1) is 0 Å². The van der Waals surface area contributed by atoms with Crippen molar-refractivity contribution in [3.05, 3.63) is 34.4 Å². The van der Waals surface area contributed by atoms with Crippen LogP contribution >= 0.6 is 0 Å². The predicted octanol–water partition coefficient (Wildman–Crippen LogP) is 3.13. The summed E-state index contributed by atoms with van der Waals surface area (Å²) in [5.41, 5.74) is -0.476. The van der Waals surface area contributed by atoms with Crippen LogP contribution in [-0.4, -0.2) is 23.0 Å². The molecule has 1 heterocycles. The fourth-order valence-electron chi connectivity index (χ4n) is 5.19. The van der Waals surface area contributed by atoms with Crippen molar-refractivity contribution < 1.29 is 14.5 Å². The minimum Gasteiger partial charge on any atom is -0.364 e. The summed E-state index contributed by atoms with van der Waals surface area (Å²) in [6.45, 7) is 5.02. The van der Waals surface area contributed by atoms with Crippen LogP contribution in [0.2, 0.25) is 0 Å². The van der Waals surface area contributed by atoms with Gasteiger partial charge in [-0.25, -0.2) is 0 Å². The quantitative estimate of drug-likeness (QED) is 0.686. The molecule has 1 N–H and O–H groups in total. The van der Waals surface area contributed by atoms with Crippen molar-refractivity contribution in [2.45, 2.75) is 38.7 Å². The number of hydrogen-bond donors (Lipinski definition) is 1. The molecule has 4 bridgehead atoms. The molecule has 1 aliphatic heterocycles. The van der Waals surface area contributed by atoms with Gasteiger partial charge in [0.25, 0.3) is 11.6 Å². The number of nitro groups is 1. The summed E-state index contributed by atoms with van der Waals surface area (Å²) in [5, 5.41) is 13.7. The molecule has 23 heavy (non-hydrogen) atoms. The Morgan fingerprint density at radius 2 is 2.22 bits per heavy atom. The van der Waals surface area contributed by atoms with E-state index in [2.05, 4.69) is 19.2 Å².